The van der Waals surface area contributed by atoms with E-state index in [1.54, 1.807) is 26.0 Å². The lowest BCUT2D eigenvalue weighted by Gasteiger charge is -2.10. The Kier molecular flexibility index (Phi) is 4.53. The summed E-state index contributed by atoms with van der Waals surface area (Å²) in [5.74, 6) is -0.966. The standard InChI is InChI=1S/C15H14ClFN2O2/c1-8-11(7-14(20)21)9(2)19-13(18-8)6-10-4-3-5-12(16)15(10)17/h3-5H,6-7H2,1-2H3,(H,20,21). The van der Waals surface area contributed by atoms with Crippen molar-refractivity contribution >= 4 is 17.6 Å². The maximum atomic E-state index is 13.9. The molecule has 0 fully saturated rings. The smallest absolute Gasteiger partial charge is 0.307 e. The number of aromatic nitrogens is 2. The van der Waals surface area contributed by atoms with Crippen LogP contribution in [0.2, 0.25) is 5.02 Å². The van der Waals surface area contributed by atoms with Crippen LogP contribution in [0.4, 0.5) is 4.39 Å². The first-order valence-electron chi connectivity index (χ1n) is 6.36. The number of carboxylic acids is 1. The van der Waals surface area contributed by atoms with Gasteiger partial charge >= 0.3 is 5.97 Å². The molecular formula is C15H14ClFN2O2. The number of aryl methyl sites for hydroxylation is 2. The van der Waals surface area contributed by atoms with Crippen molar-refractivity contribution in [3.63, 3.8) is 0 Å². The van der Waals surface area contributed by atoms with Gasteiger partial charge in [-0.2, -0.15) is 0 Å². The fourth-order valence-electron chi connectivity index (χ4n) is 2.15. The predicted molar refractivity (Wildman–Crippen MR) is 77.1 cm³/mol. The average molecular weight is 309 g/mol. The molecule has 0 aliphatic heterocycles. The predicted octanol–water partition coefficient (Wildman–Crippen LogP) is 3.10. The van der Waals surface area contributed by atoms with Gasteiger partial charge in [-0.05, 0) is 25.5 Å². The minimum atomic E-state index is -0.932. The molecule has 0 unspecified atom stereocenters. The molecule has 0 spiro atoms. The Balaban J connectivity index is 2.34. The van der Waals surface area contributed by atoms with Crippen molar-refractivity contribution in [2.24, 2.45) is 0 Å². The van der Waals surface area contributed by atoms with Crippen LogP contribution in [0.5, 0.6) is 0 Å². The van der Waals surface area contributed by atoms with E-state index in [2.05, 4.69) is 9.97 Å². The van der Waals surface area contributed by atoms with Crippen molar-refractivity contribution in [2.45, 2.75) is 26.7 Å². The highest BCUT2D eigenvalue weighted by atomic mass is 35.5. The zero-order valence-corrected chi connectivity index (χ0v) is 12.4. The molecule has 0 saturated carbocycles. The summed E-state index contributed by atoms with van der Waals surface area (Å²) >= 11 is 5.74. The van der Waals surface area contributed by atoms with Gasteiger partial charge in [0.05, 0.1) is 11.4 Å². The van der Waals surface area contributed by atoms with Gasteiger partial charge in [-0.3, -0.25) is 4.79 Å². The highest BCUT2D eigenvalue weighted by molar-refractivity contribution is 6.30. The van der Waals surface area contributed by atoms with E-state index < -0.39 is 11.8 Å². The maximum Gasteiger partial charge on any atom is 0.307 e. The van der Waals surface area contributed by atoms with E-state index in [1.165, 1.54) is 6.07 Å². The molecule has 1 aromatic carbocycles. The highest BCUT2D eigenvalue weighted by Crippen LogP contribution is 2.20. The van der Waals surface area contributed by atoms with Crippen LogP contribution in [-0.4, -0.2) is 21.0 Å². The highest BCUT2D eigenvalue weighted by Gasteiger charge is 2.14. The fraction of sp³-hybridized carbons (Fsp3) is 0.267. The summed E-state index contributed by atoms with van der Waals surface area (Å²) in [6.45, 7) is 3.45. The lowest BCUT2D eigenvalue weighted by atomic mass is 10.1. The number of nitrogens with zero attached hydrogens (tertiary/aromatic N) is 2. The summed E-state index contributed by atoms with van der Waals surface area (Å²) in [4.78, 5) is 19.3. The Bertz CT molecular complexity index is 681. The summed E-state index contributed by atoms with van der Waals surface area (Å²) in [7, 11) is 0. The van der Waals surface area contributed by atoms with Crippen molar-refractivity contribution in [1.29, 1.82) is 0 Å². The van der Waals surface area contributed by atoms with E-state index in [9.17, 15) is 9.18 Å². The minimum absolute atomic E-state index is 0.0587. The van der Waals surface area contributed by atoms with Crippen LogP contribution >= 0.6 is 11.6 Å². The van der Waals surface area contributed by atoms with Crippen LogP contribution in [0, 0.1) is 19.7 Å². The number of carbonyl (C=O) groups is 1. The SMILES string of the molecule is Cc1nc(Cc2cccc(Cl)c2F)nc(C)c1CC(=O)O. The Morgan fingerprint density at radius 3 is 2.48 bits per heavy atom. The summed E-state index contributed by atoms with van der Waals surface area (Å²) in [5, 5.41) is 8.93. The van der Waals surface area contributed by atoms with Gasteiger partial charge in [0.2, 0.25) is 0 Å². The molecule has 0 aliphatic rings. The van der Waals surface area contributed by atoms with E-state index in [0.29, 0.717) is 28.3 Å². The van der Waals surface area contributed by atoms with Crippen molar-refractivity contribution in [3.8, 4) is 0 Å². The lowest BCUT2D eigenvalue weighted by molar-refractivity contribution is -0.136. The molecule has 4 nitrogen and oxygen atoms in total. The Labute approximate surface area is 126 Å². The average Bonchev–Trinajstić information content (AvgIpc) is 2.39. The van der Waals surface area contributed by atoms with E-state index in [-0.39, 0.29) is 17.9 Å². The van der Waals surface area contributed by atoms with Crippen LogP contribution in [0.1, 0.15) is 28.3 Å². The molecule has 1 N–H and O–H groups in total. The zero-order chi connectivity index (χ0) is 15.6. The van der Waals surface area contributed by atoms with E-state index in [4.69, 9.17) is 16.7 Å². The van der Waals surface area contributed by atoms with Gasteiger partial charge in [-0.1, -0.05) is 23.7 Å². The molecule has 6 heteroatoms. The van der Waals surface area contributed by atoms with Gasteiger partial charge in [0.25, 0.3) is 0 Å². The Morgan fingerprint density at radius 1 is 1.29 bits per heavy atom. The monoisotopic (exact) mass is 308 g/mol. The number of halogens is 2. The quantitative estimate of drug-likeness (QED) is 0.942. The summed E-state index contributed by atoms with van der Waals surface area (Å²) < 4.78 is 13.9. The molecule has 1 aromatic heterocycles. The fourth-order valence-corrected chi connectivity index (χ4v) is 2.34. The normalized spacial score (nSPS) is 10.7. The number of aliphatic carboxylic acids is 1. The van der Waals surface area contributed by atoms with Crippen molar-refractivity contribution in [1.82, 2.24) is 9.97 Å². The molecular weight excluding hydrogens is 295 g/mol. The molecule has 0 radical (unpaired) electrons. The van der Waals surface area contributed by atoms with Crippen LogP contribution < -0.4 is 0 Å². The molecule has 0 bridgehead atoms. The van der Waals surface area contributed by atoms with Gasteiger partial charge in [-0.25, -0.2) is 14.4 Å². The summed E-state index contributed by atoms with van der Waals surface area (Å²) in [6.07, 6.45) is 0.0882. The van der Waals surface area contributed by atoms with Crippen molar-refractivity contribution < 1.29 is 14.3 Å². The third kappa shape index (κ3) is 3.55. The third-order valence-electron chi connectivity index (χ3n) is 3.18. The molecule has 1 heterocycles. The number of hydrogen-bond donors (Lipinski definition) is 1. The Morgan fingerprint density at radius 2 is 1.90 bits per heavy atom. The van der Waals surface area contributed by atoms with E-state index in [0.717, 1.165) is 0 Å². The molecule has 0 saturated heterocycles. The van der Waals surface area contributed by atoms with Crippen LogP contribution in [0.25, 0.3) is 0 Å². The third-order valence-corrected chi connectivity index (χ3v) is 3.47. The van der Waals surface area contributed by atoms with Crippen molar-refractivity contribution in [2.75, 3.05) is 0 Å². The van der Waals surface area contributed by atoms with Crippen LogP contribution in [-0.2, 0) is 17.6 Å². The first kappa shape index (κ1) is 15.4. The molecule has 21 heavy (non-hydrogen) atoms. The molecule has 0 aliphatic carbocycles. The second-order valence-corrected chi connectivity index (χ2v) is 5.16. The van der Waals surface area contributed by atoms with E-state index >= 15 is 0 Å². The summed E-state index contributed by atoms with van der Waals surface area (Å²) in [5.41, 5.74) is 2.20. The second-order valence-electron chi connectivity index (χ2n) is 4.75. The van der Waals surface area contributed by atoms with Gasteiger partial charge in [-0.15, -0.1) is 0 Å². The lowest BCUT2D eigenvalue weighted by Crippen LogP contribution is -2.10. The largest absolute Gasteiger partial charge is 0.481 e. The van der Waals surface area contributed by atoms with Crippen molar-refractivity contribution in [3.05, 3.63) is 57.4 Å². The van der Waals surface area contributed by atoms with Crippen LogP contribution in [0.3, 0.4) is 0 Å². The molecule has 110 valence electrons. The molecule has 0 atom stereocenters. The first-order chi connectivity index (χ1) is 9.88. The Hall–Kier alpha value is -2.01. The molecule has 2 aromatic rings. The zero-order valence-electron chi connectivity index (χ0n) is 11.7. The van der Waals surface area contributed by atoms with Gasteiger partial charge in [0.1, 0.15) is 11.6 Å². The summed E-state index contributed by atoms with van der Waals surface area (Å²) in [6, 6.07) is 4.77. The molecule has 0 amide bonds. The van der Waals surface area contributed by atoms with E-state index in [1.807, 2.05) is 0 Å². The maximum absolute atomic E-state index is 13.9. The number of hydrogen-bond acceptors (Lipinski definition) is 3. The second kappa shape index (κ2) is 6.18. The number of benzene rings is 1. The van der Waals surface area contributed by atoms with Gasteiger partial charge < -0.3 is 5.11 Å². The minimum Gasteiger partial charge on any atom is -0.481 e. The van der Waals surface area contributed by atoms with Crippen LogP contribution in [0.15, 0.2) is 18.2 Å². The van der Waals surface area contributed by atoms with Gasteiger partial charge in [0, 0.05) is 23.4 Å². The number of carboxylic acid groups (broad SMARTS) is 1. The molecule has 2 rings (SSSR count). The van der Waals surface area contributed by atoms with Gasteiger partial charge in [0.15, 0.2) is 0 Å². The number of rotatable bonds is 4. The topological polar surface area (TPSA) is 63.1 Å². The first-order valence-corrected chi connectivity index (χ1v) is 6.74.